The molecule has 0 fully saturated rings. The highest BCUT2D eigenvalue weighted by molar-refractivity contribution is 7.09. The van der Waals surface area contributed by atoms with E-state index in [-0.39, 0.29) is 18.4 Å². The highest BCUT2D eigenvalue weighted by atomic mass is 32.1. The largest absolute Gasteiger partial charge is 0.481 e. The molecule has 0 aliphatic heterocycles. The molecule has 1 heterocycles. The van der Waals surface area contributed by atoms with Crippen LogP contribution >= 0.6 is 11.3 Å². The summed E-state index contributed by atoms with van der Waals surface area (Å²) in [6, 6.07) is -0.292. The van der Waals surface area contributed by atoms with Crippen molar-refractivity contribution in [1.82, 2.24) is 15.6 Å². The Morgan fingerprint density at radius 1 is 1.50 bits per heavy atom. The third-order valence-corrected chi connectivity index (χ3v) is 3.32. The normalized spacial score (nSPS) is 11.9. The molecule has 0 aromatic carbocycles. The first-order chi connectivity index (χ1) is 8.49. The second kappa shape index (κ2) is 6.95. The van der Waals surface area contributed by atoms with E-state index in [0.717, 1.165) is 10.6 Å². The van der Waals surface area contributed by atoms with Crippen molar-refractivity contribution < 1.29 is 14.7 Å². The number of thiazole rings is 1. The Balaban J connectivity index is 2.22. The first-order valence-electron chi connectivity index (χ1n) is 5.61. The van der Waals surface area contributed by atoms with Gasteiger partial charge in [-0.1, -0.05) is 6.92 Å². The number of hydrogen-bond acceptors (Lipinski definition) is 4. The number of aliphatic carboxylic acids is 1. The van der Waals surface area contributed by atoms with E-state index >= 15 is 0 Å². The molecule has 0 aliphatic carbocycles. The van der Waals surface area contributed by atoms with Crippen molar-refractivity contribution in [2.75, 3.05) is 6.54 Å². The maximum Gasteiger partial charge on any atom is 0.315 e. The van der Waals surface area contributed by atoms with E-state index in [0.29, 0.717) is 13.1 Å². The molecule has 7 heteroatoms. The number of carbonyl (C=O) groups excluding carboxylic acids is 1. The van der Waals surface area contributed by atoms with Gasteiger partial charge in [0.25, 0.3) is 0 Å². The van der Waals surface area contributed by atoms with Crippen molar-refractivity contribution in [3.63, 3.8) is 0 Å². The van der Waals surface area contributed by atoms with Crippen molar-refractivity contribution in [3.8, 4) is 0 Å². The summed E-state index contributed by atoms with van der Waals surface area (Å²) in [5.74, 6) is -0.941. The van der Waals surface area contributed by atoms with E-state index in [2.05, 4.69) is 15.6 Å². The highest BCUT2D eigenvalue weighted by Crippen LogP contribution is 2.10. The van der Waals surface area contributed by atoms with Gasteiger partial charge >= 0.3 is 12.0 Å². The molecule has 0 aliphatic rings. The molecule has 0 spiro atoms. The zero-order valence-corrected chi connectivity index (χ0v) is 11.2. The number of urea groups is 1. The number of carboxylic acid groups (broad SMARTS) is 1. The zero-order chi connectivity index (χ0) is 13.5. The van der Waals surface area contributed by atoms with Gasteiger partial charge in [0.15, 0.2) is 0 Å². The average Bonchev–Trinajstić information content (AvgIpc) is 2.68. The van der Waals surface area contributed by atoms with Gasteiger partial charge in [0.05, 0.1) is 17.7 Å². The summed E-state index contributed by atoms with van der Waals surface area (Å²) in [5.41, 5.74) is 2.65. The Morgan fingerprint density at radius 3 is 2.78 bits per heavy atom. The van der Waals surface area contributed by atoms with Gasteiger partial charge in [0, 0.05) is 17.8 Å². The van der Waals surface area contributed by atoms with Crippen molar-refractivity contribution in [1.29, 1.82) is 0 Å². The number of aryl methyl sites for hydroxylation is 1. The standard InChI is InChI=1S/C11H17N3O3S/c1-7(3-10(15)16)4-12-11(17)13-5-9-8(2)14-6-18-9/h6-7H,3-5H2,1-2H3,(H,15,16)(H2,12,13,17). The molecule has 0 bridgehead atoms. The Hall–Kier alpha value is -1.63. The number of aromatic nitrogens is 1. The minimum atomic E-state index is -0.856. The topological polar surface area (TPSA) is 91.3 Å². The number of carboxylic acids is 1. The first kappa shape index (κ1) is 14.4. The van der Waals surface area contributed by atoms with Crippen LogP contribution in [0, 0.1) is 12.8 Å². The summed E-state index contributed by atoms with van der Waals surface area (Å²) in [7, 11) is 0. The van der Waals surface area contributed by atoms with Crippen molar-refractivity contribution >= 4 is 23.3 Å². The van der Waals surface area contributed by atoms with Gasteiger partial charge in [-0.15, -0.1) is 11.3 Å². The number of nitrogens with one attached hydrogen (secondary N) is 2. The van der Waals surface area contributed by atoms with E-state index in [4.69, 9.17) is 5.11 Å². The van der Waals surface area contributed by atoms with Crippen LogP contribution in [0.5, 0.6) is 0 Å². The van der Waals surface area contributed by atoms with Crippen LogP contribution < -0.4 is 10.6 Å². The molecule has 0 radical (unpaired) electrons. The molecule has 0 saturated carbocycles. The molecular weight excluding hydrogens is 254 g/mol. The molecule has 100 valence electrons. The number of nitrogens with zero attached hydrogens (tertiary/aromatic N) is 1. The zero-order valence-electron chi connectivity index (χ0n) is 10.4. The third kappa shape index (κ3) is 5.13. The van der Waals surface area contributed by atoms with Crippen LogP contribution in [0.15, 0.2) is 5.51 Å². The quantitative estimate of drug-likeness (QED) is 0.728. The van der Waals surface area contributed by atoms with Crippen molar-refractivity contribution in [3.05, 3.63) is 16.1 Å². The second-order valence-electron chi connectivity index (χ2n) is 4.13. The fraction of sp³-hybridized carbons (Fsp3) is 0.545. The van der Waals surface area contributed by atoms with Crippen molar-refractivity contribution in [2.45, 2.75) is 26.8 Å². The van der Waals surface area contributed by atoms with Crippen LogP contribution in [0.25, 0.3) is 0 Å². The number of rotatable bonds is 6. The Morgan fingerprint density at radius 2 is 2.22 bits per heavy atom. The predicted molar refractivity (Wildman–Crippen MR) is 68.5 cm³/mol. The van der Waals surface area contributed by atoms with Gasteiger partial charge in [0.1, 0.15) is 0 Å². The lowest BCUT2D eigenvalue weighted by molar-refractivity contribution is -0.137. The minimum absolute atomic E-state index is 0.0498. The summed E-state index contributed by atoms with van der Waals surface area (Å²) in [6.07, 6.45) is 0.0498. The summed E-state index contributed by atoms with van der Waals surface area (Å²) in [4.78, 5) is 27.0. The molecule has 1 aromatic rings. The average molecular weight is 271 g/mol. The SMILES string of the molecule is Cc1ncsc1CNC(=O)NCC(C)CC(=O)O. The first-order valence-corrected chi connectivity index (χ1v) is 6.49. The van der Waals surface area contributed by atoms with E-state index in [1.165, 1.54) is 11.3 Å². The van der Waals surface area contributed by atoms with Crippen LogP contribution in [-0.4, -0.2) is 28.6 Å². The van der Waals surface area contributed by atoms with Gasteiger partial charge < -0.3 is 15.7 Å². The predicted octanol–water partition coefficient (Wildman–Crippen LogP) is 1.36. The van der Waals surface area contributed by atoms with Gasteiger partial charge in [-0.05, 0) is 12.8 Å². The van der Waals surface area contributed by atoms with E-state index < -0.39 is 5.97 Å². The molecule has 1 rings (SSSR count). The van der Waals surface area contributed by atoms with Gasteiger partial charge in [-0.2, -0.15) is 0 Å². The molecular formula is C11H17N3O3S. The van der Waals surface area contributed by atoms with Crippen LogP contribution in [-0.2, 0) is 11.3 Å². The third-order valence-electron chi connectivity index (χ3n) is 2.39. The van der Waals surface area contributed by atoms with Gasteiger partial charge in [0.2, 0.25) is 0 Å². The number of hydrogen-bond donors (Lipinski definition) is 3. The lowest BCUT2D eigenvalue weighted by Crippen LogP contribution is -2.37. The summed E-state index contributed by atoms with van der Waals surface area (Å²) in [6.45, 7) is 4.46. The molecule has 3 N–H and O–H groups in total. The van der Waals surface area contributed by atoms with E-state index in [1.54, 1.807) is 12.4 Å². The molecule has 18 heavy (non-hydrogen) atoms. The number of amides is 2. The summed E-state index contributed by atoms with van der Waals surface area (Å²) >= 11 is 1.49. The van der Waals surface area contributed by atoms with Crippen LogP contribution in [0.1, 0.15) is 23.9 Å². The fourth-order valence-electron chi connectivity index (χ4n) is 1.36. The summed E-state index contributed by atoms with van der Waals surface area (Å²) in [5, 5.41) is 13.9. The second-order valence-corrected chi connectivity index (χ2v) is 5.07. The molecule has 2 amide bonds. The Bertz CT molecular complexity index is 419. The molecule has 1 aromatic heterocycles. The smallest absolute Gasteiger partial charge is 0.315 e. The highest BCUT2D eigenvalue weighted by Gasteiger charge is 2.09. The summed E-state index contributed by atoms with van der Waals surface area (Å²) < 4.78 is 0. The van der Waals surface area contributed by atoms with E-state index in [9.17, 15) is 9.59 Å². The lowest BCUT2D eigenvalue weighted by Gasteiger charge is -2.11. The molecule has 1 unspecified atom stereocenters. The maximum absolute atomic E-state index is 11.5. The lowest BCUT2D eigenvalue weighted by atomic mass is 10.1. The van der Waals surface area contributed by atoms with Gasteiger partial charge in [-0.25, -0.2) is 9.78 Å². The maximum atomic E-state index is 11.5. The van der Waals surface area contributed by atoms with E-state index in [1.807, 2.05) is 6.92 Å². The van der Waals surface area contributed by atoms with Crippen LogP contribution in [0.3, 0.4) is 0 Å². The molecule has 0 saturated heterocycles. The fourth-order valence-corrected chi connectivity index (χ4v) is 2.07. The minimum Gasteiger partial charge on any atom is -0.481 e. The molecule has 6 nitrogen and oxygen atoms in total. The van der Waals surface area contributed by atoms with Crippen LogP contribution in [0.4, 0.5) is 4.79 Å². The number of carbonyl (C=O) groups is 2. The van der Waals surface area contributed by atoms with Gasteiger partial charge in [-0.3, -0.25) is 4.79 Å². The molecule has 1 atom stereocenters. The van der Waals surface area contributed by atoms with Crippen LogP contribution in [0.2, 0.25) is 0 Å². The van der Waals surface area contributed by atoms with Crippen molar-refractivity contribution in [2.24, 2.45) is 5.92 Å². The Kier molecular flexibility index (Phi) is 5.57. The Labute approximate surface area is 109 Å². The monoisotopic (exact) mass is 271 g/mol.